The molecule has 2 aromatic carbocycles. The molecule has 0 radical (unpaired) electrons. The van der Waals surface area contributed by atoms with Crippen LogP contribution in [0.5, 0.6) is 0 Å². The number of para-hydroxylation sites is 1. The van der Waals surface area contributed by atoms with Gasteiger partial charge < -0.3 is 4.42 Å². The van der Waals surface area contributed by atoms with E-state index < -0.39 is 0 Å². The van der Waals surface area contributed by atoms with Crippen LogP contribution in [0.2, 0.25) is 0 Å². The van der Waals surface area contributed by atoms with Crippen LogP contribution in [-0.2, 0) is 0 Å². The molecule has 1 aliphatic carbocycles. The Morgan fingerprint density at radius 3 is 2.57 bits per heavy atom. The molecule has 2 atom stereocenters. The summed E-state index contributed by atoms with van der Waals surface area (Å²) in [7, 11) is 0. The second-order valence-corrected chi connectivity index (χ2v) is 8.26. The molecule has 0 spiro atoms. The molecule has 5 rings (SSSR count). The molecular formula is C24H21BrN2O. The minimum absolute atomic E-state index is 0.214. The normalized spacial score (nSPS) is 23.0. The Kier molecular flexibility index (Phi) is 4.65. The number of furan rings is 1. The third kappa shape index (κ3) is 3.22. The van der Waals surface area contributed by atoms with E-state index in [0.717, 1.165) is 28.8 Å². The molecule has 0 amide bonds. The summed E-state index contributed by atoms with van der Waals surface area (Å²) < 4.78 is 6.67. The topological polar surface area (TPSA) is 28.7 Å². The Labute approximate surface area is 173 Å². The van der Waals surface area contributed by atoms with Gasteiger partial charge in [0.1, 0.15) is 5.76 Å². The third-order valence-electron chi connectivity index (χ3n) is 5.59. The maximum atomic E-state index is 5.57. The average molecular weight is 433 g/mol. The first kappa shape index (κ1) is 17.5. The molecule has 1 aliphatic heterocycles. The number of hydrogen-bond donors (Lipinski definition) is 0. The van der Waals surface area contributed by atoms with Gasteiger partial charge in [-0.05, 0) is 72.9 Å². The van der Waals surface area contributed by atoms with Crippen molar-refractivity contribution in [2.45, 2.75) is 25.3 Å². The van der Waals surface area contributed by atoms with E-state index >= 15 is 0 Å². The quantitative estimate of drug-likeness (QED) is 0.452. The standard InChI is InChI=1S/C24H21BrN2O/c25-19-13-11-17(12-14-19)24-22-10-4-6-18(16-21-9-5-15-28-21)23(22)26-27(24)20-7-2-1-3-8-20/h1-3,5,7-9,11-16,22,24H,4,6,10H2/b18-16+/t22-,24-/m1/s1. The lowest BCUT2D eigenvalue weighted by Crippen LogP contribution is -2.28. The van der Waals surface area contributed by atoms with E-state index in [9.17, 15) is 0 Å². The first-order valence-corrected chi connectivity index (χ1v) is 10.5. The zero-order valence-corrected chi connectivity index (χ0v) is 17.0. The average Bonchev–Trinajstić information content (AvgIpc) is 3.38. The molecule has 2 aliphatic rings. The summed E-state index contributed by atoms with van der Waals surface area (Å²) in [5, 5.41) is 7.36. The Bertz CT molecular complexity index is 1010. The van der Waals surface area contributed by atoms with Crippen molar-refractivity contribution >= 4 is 33.4 Å². The van der Waals surface area contributed by atoms with Crippen LogP contribution in [0.1, 0.15) is 36.6 Å². The third-order valence-corrected chi connectivity index (χ3v) is 6.12. The van der Waals surface area contributed by atoms with Crippen LogP contribution < -0.4 is 5.01 Å². The fraction of sp³-hybridized carbons (Fsp3) is 0.208. The molecule has 1 saturated carbocycles. The minimum Gasteiger partial charge on any atom is -0.465 e. The highest BCUT2D eigenvalue weighted by molar-refractivity contribution is 9.10. The number of fused-ring (bicyclic) bond motifs is 1. The molecule has 3 nitrogen and oxygen atoms in total. The molecule has 1 fully saturated rings. The second-order valence-electron chi connectivity index (χ2n) is 7.35. The predicted molar refractivity (Wildman–Crippen MR) is 117 cm³/mol. The Morgan fingerprint density at radius 1 is 1.00 bits per heavy atom. The molecule has 140 valence electrons. The number of hydrogen-bond acceptors (Lipinski definition) is 3. The van der Waals surface area contributed by atoms with Gasteiger partial charge in [0.25, 0.3) is 0 Å². The van der Waals surface area contributed by atoms with Crippen molar-refractivity contribution in [1.82, 2.24) is 0 Å². The van der Waals surface area contributed by atoms with E-state index in [1.54, 1.807) is 6.26 Å². The van der Waals surface area contributed by atoms with Gasteiger partial charge in [-0.25, -0.2) is 0 Å². The summed E-state index contributed by atoms with van der Waals surface area (Å²) in [6.07, 6.45) is 7.26. The smallest absolute Gasteiger partial charge is 0.126 e. The minimum atomic E-state index is 0.214. The lowest BCUT2D eigenvalue weighted by atomic mass is 9.77. The number of allylic oxidation sites excluding steroid dienone is 1. The van der Waals surface area contributed by atoms with Crippen LogP contribution in [0.15, 0.2) is 92.6 Å². The molecule has 1 aromatic heterocycles. The summed E-state index contributed by atoms with van der Waals surface area (Å²) in [6.45, 7) is 0. The van der Waals surface area contributed by atoms with Crippen molar-refractivity contribution in [3.05, 3.63) is 94.4 Å². The Balaban J connectivity index is 1.60. The van der Waals surface area contributed by atoms with Crippen molar-refractivity contribution in [3.8, 4) is 0 Å². The lowest BCUT2D eigenvalue weighted by Gasteiger charge is -2.30. The number of halogens is 1. The van der Waals surface area contributed by atoms with Gasteiger partial charge in [0, 0.05) is 10.4 Å². The number of anilines is 1. The maximum absolute atomic E-state index is 5.57. The molecule has 0 saturated heterocycles. The van der Waals surface area contributed by atoms with E-state index in [2.05, 4.69) is 81.6 Å². The van der Waals surface area contributed by atoms with Gasteiger partial charge in [-0.15, -0.1) is 0 Å². The van der Waals surface area contributed by atoms with Crippen LogP contribution >= 0.6 is 15.9 Å². The van der Waals surface area contributed by atoms with E-state index in [1.807, 2.05) is 12.1 Å². The highest BCUT2D eigenvalue weighted by Crippen LogP contribution is 2.46. The van der Waals surface area contributed by atoms with Gasteiger partial charge in [-0.1, -0.05) is 46.3 Å². The monoisotopic (exact) mass is 432 g/mol. The summed E-state index contributed by atoms with van der Waals surface area (Å²) in [4.78, 5) is 0. The molecular weight excluding hydrogens is 412 g/mol. The van der Waals surface area contributed by atoms with E-state index in [1.165, 1.54) is 23.3 Å². The Hall–Kier alpha value is -2.59. The molecule has 4 heteroatoms. The zero-order chi connectivity index (χ0) is 18.9. The zero-order valence-electron chi connectivity index (χ0n) is 15.5. The van der Waals surface area contributed by atoms with Gasteiger partial charge in [0.05, 0.1) is 23.7 Å². The fourth-order valence-electron chi connectivity index (χ4n) is 4.33. The SMILES string of the molecule is Brc1ccc([C@@H]2[C@@H]3CCC/C(=C\c4ccco4)C3=NN2c2ccccc2)cc1. The molecule has 2 heterocycles. The van der Waals surface area contributed by atoms with Crippen molar-refractivity contribution in [3.63, 3.8) is 0 Å². The molecule has 0 unspecified atom stereocenters. The summed E-state index contributed by atoms with van der Waals surface area (Å²) in [5.41, 5.74) is 4.94. The first-order chi connectivity index (χ1) is 13.8. The number of rotatable bonds is 3. The highest BCUT2D eigenvalue weighted by Gasteiger charge is 2.41. The van der Waals surface area contributed by atoms with Gasteiger partial charge in [0.2, 0.25) is 0 Å². The lowest BCUT2D eigenvalue weighted by molar-refractivity contribution is 0.487. The number of hydrazone groups is 1. The van der Waals surface area contributed by atoms with E-state index in [-0.39, 0.29) is 6.04 Å². The van der Waals surface area contributed by atoms with E-state index in [4.69, 9.17) is 9.52 Å². The maximum Gasteiger partial charge on any atom is 0.126 e. The molecule has 0 N–H and O–H groups in total. The molecule has 0 bridgehead atoms. The largest absolute Gasteiger partial charge is 0.465 e. The number of benzene rings is 2. The van der Waals surface area contributed by atoms with Crippen LogP contribution in [0.4, 0.5) is 5.69 Å². The number of nitrogens with zero attached hydrogens (tertiary/aromatic N) is 2. The van der Waals surface area contributed by atoms with Crippen LogP contribution in [-0.4, -0.2) is 5.71 Å². The Morgan fingerprint density at radius 2 is 1.82 bits per heavy atom. The van der Waals surface area contributed by atoms with E-state index in [0.29, 0.717) is 5.92 Å². The van der Waals surface area contributed by atoms with Gasteiger partial charge in [0.15, 0.2) is 0 Å². The van der Waals surface area contributed by atoms with Gasteiger partial charge in [-0.3, -0.25) is 5.01 Å². The molecule has 3 aromatic rings. The van der Waals surface area contributed by atoms with Crippen molar-refractivity contribution in [2.75, 3.05) is 5.01 Å². The fourth-order valence-corrected chi connectivity index (χ4v) is 4.60. The van der Waals surface area contributed by atoms with Gasteiger partial charge in [-0.2, -0.15) is 5.10 Å². The summed E-state index contributed by atoms with van der Waals surface area (Å²) in [5.74, 6) is 1.29. The van der Waals surface area contributed by atoms with Crippen molar-refractivity contribution in [1.29, 1.82) is 0 Å². The first-order valence-electron chi connectivity index (χ1n) is 9.72. The second kappa shape index (κ2) is 7.44. The summed E-state index contributed by atoms with van der Waals surface area (Å²) in [6, 6.07) is 23.3. The van der Waals surface area contributed by atoms with Crippen LogP contribution in [0.3, 0.4) is 0 Å². The van der Waals surface area contributed by atoms with Crippen molar-refractivity contribution in [2.24, 2.45) is 11.0 Å². The highest BCUT2D eigenvalue weighted by atomic mass is 79.9. The molecule has 28 heavy (non-hydrogen) atoms. The van der Waals surface area contributed by atoms with Crippen LogP contribution in [0.25, 0.3) is 6.08 Å². The van der Waals surface area contributed by atoms with Gasteiger partial charge >= 0.3 is 0 Å². The van der Waals surface area contributed by atoms with Crippen molar-refractivity contribution < 1.29 is 4.42 Å². The van der Waals surface area contributed by atoms with Crippen LogP contribution in [0, 0.1) is 5.92 Å². The predicted octanol–water partition coefficient (Wildman–Crippen LogP) is 6.84. The summed E-state index contributed by atoms with van der Waals surface area (Å²) >= 11 is 3.56.